The normalized spacial score (nSPS) is 24.7. The Morgan fingerprint density at radius 1 is 1.18 bits per heavy atom. The minimum Gasteiger partial charge on any atom is -0.394 e. The fraction of sp³-hybridized carbons (Fsp3) is 0.389. The molecule has 0 radical (unpaired) electrons. The molecule has 4 atom stereocenters. The molecule has 3 heterocycles. The molecule has 6 N–H and O–H groups in total. The largest absolute Gasteiger partial charge is 0.394 e. The smallest absolute Gasteiger partial charge is 0.227 e. The number of nitrogens with one attached hydrogen (secondary N) is 1. The van der Waals surface area contributed by atoms with Crippen LogP contribution in [-0.4, -0.2) is 59.8 Å². The van der Waals surface area contributed by atoms with E-state index < -0.39 is 31.1 Å². The second-order valence-electron chi connectivity index (χ2n) is 6.82. The molecule has 1 unspecified atom stereocenters. The van der Waals surface area contributed by atoms with Gasteiger partial charge >= 0.3 is 0 Å². The van der Waals surface area contributed by atoms with Crippen LogP contribution in [-0.2, 0) is 11.3 Å². The van der Waals surface area contributed by atoms with Crippen molar-refractivity contribution in [3.8, 4) is 0 Å². The molecule has 1 aromatic carbocycles. The molecule has 10 nitrogen and oxygen atoms in total. The Balaban J connectivity index is 1.62. The number of rotatable bonds is 5. The highest BCUT2D eigenvalue weighted by molar-refractivity contribution is 5.83. The topological polar surface area (TPSA) is 152 Å². The molecular formula is C18H22N6O4. The lowest BCUT2D eigenvalue weighted by Gasteiger charge is -2.16. The molecule has 0 bridgehead atoms. The van der Waals surface area contributed by atoms with Gasteiger partial charge in [-0.05, 0) is 12.5 Å². The van der Waals surface area contributed by atoms with Gasteiger partial charge < -0.3 is 31.1 Å². The van der Waals surface area contributed by atoms with E-state index in [-0.39, 0.29) is 5.82 Å². The van der Waals surface area contributed by atoms with Crippen LogP contribution in [0.3, 0.4) is 0 Å². The van der Waals surface area contributed by atoms with Gasteiger partial charge in [0.25, 0.3) is 0 Å². The Labute approximate surface area is 160 Å². The zero-order chi connectivity index (χ0) is 19.8. The number of nitrogen functional groups attached to an aromatic ring is 1. The Morgan fingerprint density at radius 2 is 1.93 bits per heavy atom. The van der Waals surface area contributed by atoms with Gasteiger partial charge in [0.15, 0.2) is 17.7 Å². The summed E-state index contributed by atoms with van der Waals surface area (Å²) < 4.78 is 7.04. The molecule has 1 aliphatic rings. The molecule has 4 rings (SSSR count). The van der Waals surface area contributed by atoms with E-state index in [9.17, 15) is 15.3 Å². The maximum atomic E-state index is 10.3. The molecule has 0 aliphatic carbocycles. The van der Waals surface area contributed by atoms with Crippen LogP contribution >= 0.6 is 0 Å². The van der Waals surface area contributed by atoms with Crippen molar-refractivity contribution in [2.24, 2.45) is 0 Å². The highest BCUT2D eigenvalue weighted by atomic mass is 16.6. The SMILES string of the molecule is Cc1ccc(CNc2nc(N)c3ncn(C4O[C@H](CO)[C@@H](O)[C@H]4O)c3n2)cc1. The number of imidazole rings is 1. The number of benzene rings is 1. The van der Waals surface area contributed by atoms with Crippen LogP contribution < -0.4 is 11.1 Å². The van der Waals surface area contributed by atoms with Gasteiger partial charge in [0.2, 0.25) is 5.95 Å². The number of hydrogen-bond acceptors (Lipinski definition) is 9. The van der Waals surface area contributed by atoms with Crippen LogP contribution in [0.15, 0.2) is 30.6 Å². The number of aryl methyl sites for hydroxylation is 1. The van der Waals surface area contributed by atoms with Crippen LogP contribution in [0.1, 0.15) is 17.4 Å². The monoisotopic (exact) mass is 386 g/mol. The third-order valence-electron chi connectivity index (χ3n) is 4.81. The maximum Gasteiger partial charge on any atom is 0.227 e. The van der Waals surface area contributed by atoms with Crippen molar-refractivity contribution in [3.63, 3.8) is 0 Å². The first kappa shape index (κ1) is 18.6. The summed E-state index contributed by atoms with van der Waals surface area (Å²) >= 11 is 0. The lowest BCUT2D eigenvalue weighted by atomic mass is 10.1. The van der Waals surface area contributed by atoms with Gasteiger partial charge in [0.05, 0.1) is 12.9 Å². The van der Waals surface area contributed by atoms with Crippen molar-refractivity contribution in [1.82, 2.24) is 19.5 Å². The first-order valence-corrected chi connectivity index (χ1v) is 8.90. The molecule has 1 aliphatic heterocycles. The number of nitrogens with zero attached hydrogens (tertiary/aromatic N) is 4. The fourth-order valence-corrected chi connectivity index (χ4v) is 3.20. The number of nitrogens with two attached hydrogens (primary N) is 1. The first-order valence-electron chi connectivity index (χ1n) is 8.90. The summed E-state index contributed by atoms with van der Waals surface area (Å²) in [7, 11) is 0. The van der Waals surface area contributed by atoms with Gasteiger partial charge in [0.1, 0.15) is 23.8 Å². The Morgan fingerprint density at radius 3 is 2.61 bits per heavy atom. The van der Waals surface area contributed by atoms with E-state index in [1.54, 1.807) is 0 Å². The van der Waals surface area contributed by atoms with Crippen molar-refractivity contribution in [2.45, 2.75) is 38.0 Å². The van der Waals surface area contributed by atoms with Crippen molar-refractivity contribution in [1.29, 1.82) is 0 Å². The minimum absolute atomic E-state index is 0.182. The molecule has 148 valence electrons. The van der Waals surface area contributed by atoms with Gasteiger partial charge in [-0.2, -0.15) is 9.97 Å². The number of fused-ring (bicyclic) bond motifs is 1. The molecule has 10 heteroatoms. The Hall–Kier alpha value is -2.79. The predicted octanol–water partition coefficient (Wildman–Crippen LogP) is -0.0595. The van der Waals surface area contributed by atoms with E-state index in [2.05, 4.69) is 20.3 Å². The van der Waals surface area contributed by atoms with Crippen LogP contribution in [0.5, 0.6) is 0 Å². The molecule has 1 fully saturated rings. The fourth-order valence-electron chi connectivity index (χ4n) is 3.20. The highest BCUT2D eigenvalue weighted by Gasteiger charge is 2.44. The second-order valence-corrected chi connectivity index (χ2v) is 6.82. The van der Waals surface area contributed by atoms with E-state index in [1.807, 2.05) is 31.2 Å². The number of hydrogen-bond donors (Lipinski definition) is 5. The van der Waals surface area contributed by atoms with Gasteiger partial charge in [-0.15, -0.1) is 0 Å². The van der Waals surface area contributed by atoms with E-state index in [1.165, 1.54) is 16.5 Å². The molecule has 3 aromatic rings. The van der Waals surface area contributed by atoms with Gasteiger partial charge in [-0.3, -0.25) is 4.57 Å². The zero-order valence-corrected chi connectivity index (χ0v) is 15.2. The summed E-state index contributed by atoms with van der Waals surface area (Å²) in [6, 6.07) is 8.06. The van der Waals surface area contributed by atoms with Crippen LogP contribution in [0.25, 0.3) is 11.2 Å². The Bertz CT molecular complexity index is 976. The number of aliphatic hydroxyl groups excluding tert-OH is 3. The van der Waals surface area contributed by atoms with Gasteiger partial charge in [-0.25, -0.2) is 4.98 Å². The Kier molecular flexibility index (Phi) is 4.85. The van der Waals surface area contributed by atoms with Crippen LogP contribution in [0.4, 0.5) is 11.8 Å². The first-order chi connectivity index (χ1) is 13.5. The quantitative estimate of drug-likeness (QED) is 0.406. The van der Waals surface area contributed by atoms with Crippen LogP contribution in [0, 0.1) is 6.92 Å². The molecule has 28 heavy (non-hydrogen) atoms. The van der Waals surface area contributed by atoms with Crippen molar-refractivity contribution < 1.29 is 20.1 Å². The van der Waals surface area contributed by atoms with Crippen LogP contribution in [0.2, 0.25) is 0 Å². The average Bonchev–Trinajstić information content (AvgIpc) is 3.23. The number of aliphatic hydroxyl groups is 3. The lowest BCUT2D eigenvalue weighted by molar-refractivity contribution is -0.0511. The second kappa shape index (κ2) is 7.32. The summed E-state index contributed by atoms with van der Waals surface area (Å²) in [4.78, 5) is 12.9. The number of anilines is 2. The minimum atomic E-state index is -1.24. The molecule has 0 saturated carbocycles. The molecule has 0 amide bonds. The summed E-state index contributed by atoms with van der Waals surface area (Å²) in [5.74, 6) is 0.487. The zero-order valence-electron chi connectivity index (χ0n) is 15.2. The summed E-state index contributed by atoms with van der Waals surface area (Å²) in [5, 5.41) is 32.7. The van der Waals surface area contributed by atoms with E-state index >= 15 is 0 Å². The van der Waals surface area contributed by atoms with E-state index in [4.69, 9.17) is 10.5 Å². The number of ether oxygens (including phenoxy) is 1. The maximum absolute atomic E-state index is 10.3. The van der Waals surface area contributed by atoms with E-state index in [0.717, 1.165) is 5.56 Å². The molecule has 0 spiro atoms. The van der Waals surface area contributed by atoms with Gasteiger partial charge in [-0.1, -0.05) is 29.8 Å². The van der Waals surface area contributed by atoms with E-state index in [0.29, 0.717) is 23.7 Å². The predicted molar refractivity (Wildman–Crippen MR) is 101 cm³/mol. The third-order valence-corrected chi connectivity index (χ3v) is 4.81. The molecule has 1 saturated heterocycles. The standard InChI is InChI=1S/C18H22N6O4/c1-9-2-4-10(5-3-9)6-20-18-22-15(19)12-16(23-18)24(8-21-12)17-14(27)13(26)11(7-25)28-17/h2-5,8,11,13-14,17,25-27H,6-7H2,1H3,(H3,19,20,22,23)/t11-,13-,14-,17?/m1/s1. The van der Waals surface area contributed by atoms with Crippen molar-refractivity contribution in [3.05, 3.63) is 41.7 Å². The van der Waals surface area contributed by atoms with Gasteiger partial charge in [0, 0.05) is 6.54 Å². The van der Waals surface area contributed by atoms with Crippen molar-refractivity contribution >= 4 is 22.9 Å². The highest BCUT2D eigenvalue weighted by Crippen LogP contribution is 2.32. The summed E-state index contributed by atoms with van der Waals surface area (Å²) in [5.41, 5.74) is 8.96. The van der Waals surface area contributed by atoms with Crippen molar-refractivity contribution in [2.75, 3.05) is 17.7 Å². The summed E-state index contributed by atoms with van der Waals surface area (Å²) in [6.07, 6.45) is -2.88. The molecule has 2 aromatic heterocycles. The molecular weight excluding hydrogens is 364 g/mol. The lowest BCUT2D eigenvalue weighted by Crippen LogP contribution is -2.33. The summed E-state index contributed by atoms with van der Waals surface area (Å²) in [6.45, 7) is 2.11. The average molecular weight is 386 g/mol. The number of aromatic nitrogens is 4. The third kappa shape index (κ3) is 3.27.